The zero-order valence-electron chi connectivity index (χ0n) is 12.7. The number of nitrogens with zero attached hydrogens (tertiary/aromatic N) is 4. The third-order valence-corrected chi connectivity index (χ3v) is 4.21. The van der Waals surface area contributed by atoms with E-state index in [4.69, 9.17) is 0 Å². The van der Waals surface area contributed by atoms with Crippen LogP contribution >= 0.6 is 0 Å². The maximum absolute atomic E-state index is 4.50. The molecule has 2 unspecified atom stereocenters. The number of fused-ring (bicyclic) bond motifs is 1. The summed E-state index contributed by atoms with van der Waals surface area (Å²) in [5, 5.41) is 8.06. The van der Waals surface area contributed by atoms with Gasteiger partial charge in [0, 0.05) is 37.6 Å². The molecule has 0 saturated carbocycles. The lowest BCUT2D eigenvalue weighted by Crippen LogP contribution is -2.31. The Morgan fingerprint density at radius 1 is 1.35 bits per heavy atom. The lowest BCUT2D eigenvalue weighted by Gasteiger charge is -2.20. The zero-order valence-corrected chi connectivity index (χ0v) is 12.7. The van der Waals surface area contributed by atoms with Crippen LogP contribution in [-0.2, 0) is 0 Å². The number of likely N-dealkylation sites (tertiary alicyclic amines) is 1. The molecule has 0 aromatic carbocycles. The normalized spacial score (nSPS) is 23.9. The first-order chi connectivity index (χ1) is 9.54. The summed E-state index contributed by atoms with van der Waals surface area (Å²) in [6.45, 7) is 11.1. The monoisotopic (exact) mass is 273 g/mol. The lowest BCUT2D eigenvalue weighted by molar-refractivity contribution is 0.267. The van der Waals surface area contributed by atoms with E-state index < -0.39 is 0 Å². The predicted molar refractivity (Wildman–Crippen MR) is 81.0 cm³/mol. The van der Waals surface area contributed by atoms with Gasteiger partial charge in [-0.1, -0.05) is 6.92 Å². The molecule has 1 N–H and O–H groups in total. The Balaban J connectivity index is 1.83. The molecule has 3 rings (SSSR count). The van der Waals surface area contributed by atoms with E-state index in [-0.39, 0.29) is 0 Å². The van der Waals surface area contributed by atoms with Gasteiger partial charge in [0.1, 0.15) is 5.52 Å². The highest BCUT2D eigenvalue weighted by atomic mass is 15.3. The van der Waals surface area contributed by atoms with E-state index in [9.17, 15) is 0 Å². The molecule has 0 bridgehead atoms. The smallest absolute Gasteiger partial charge is 0.152 e. The van der Waals surface area contributed by atoms with E-state index in [1.807, 2.05) is 23.8 Å². The Bertz CT molecular complexity index is 603. The minimum Gasteiger partial charge on any atom is -0.364 e. The van der Waals surface area contributed by atoms with E-state index in [2.05, 4.69) is 47.1 Å². The van der Waals surface area contributed by atoms with Crippen molar-refractivity contribution in [2.75, 3.05) is 18.4 Å². The van der Waals surface area contributed by atoms with Crippen molar-refractivity contribution >= 4 is 11.3 Å². The van der Waals surface area contributed by atoms with E-state index in [0.29, 0.717) is 18.0 Å². The van der Waals surface area contributed by atoms with Crippen LogP contribution in [0, 0.1) is 12.8 Å². The molecule has 1 fully saturated rings. The molecule has 2 atom stereocenters. The van der Waals surface area contributed by atoms with Crippen LogP contribution in [0.5, 0.6) is 0 Å². The van der Waals surface area contributed by atoms with Crippen molar-refractivity contribution in [3.8, 4) is 0 Å². The molecule has 1 aliphatic heterocycles. The quantitative estimate of drug-likeness (QED) is 0.931. The second-order valence-electron chi connectivity index (χ2n) is 6.17. The number of anilines is 1. The number of hydrogen-bond donors (Lipinski definition) is 1. The Morgan fingerprint density at radius 3 is 2.85 bits per heavy atom. The highest BCUT2D eigenvalue weighted by Crippen LogP contribution is 2.23. The number of aryl methyl sites for hydroxylation is 1. The minimum atomic E-state index is 0.450. The molecule has 1 saturated heterocycles. The van der Waals surface area contributed by atoms with Gasteiger partial charge in [0.2, 0.25) is 0 Å². The van der Waals surface area contributed by atoms with Crippen molar-refractivity contribution in [3.63, 3.8) is 0 Å². The molecule has 1 aliphatic rings. The van der Waals surface area contributed by atoms with Gasteiger partial charge in [0.25, 0.3) is 0 Å². The van der Waals surface area contributed by atoms with Gasteiger partial charge in [-0.15, -0.1) is 0 Å². The predicted octanol–water partition coefficient (Wildman–Crippen LogP) is 2.18. The maximum Gasteiger partial charge on any atom is 0.152 e. The van der Waals surface area contributed by atoms with Crippen LogP contribution in [0.1, 0.15) is 26.5 Å². The van der Waals surface area contributed by atoms with Crippen LogP contribution < -0.4 is 5.32 Å². The van der Waals surface area contributed by atoms with Gasteiger partial charge in [-0.25, -0.2) is 9.50 Å². The van der Waals surface area contributed by atoms with Crippen molar-refractivity contribution in [2.45, 2.75) is 39.8 Å². The highest BCUT2D eigenvalue weighted by Gasteiger charge is 2.31. The van der Waals surface area contributed by atoms with Crippen LogP contribution in [-0.4, -0.2) is 44.7 Å². The van der Waals surface area contributed by atoms with Gasteiger partial charge in [0.05, 0.1) is 5.69 Å². The molecule has 2 aromatic heterocycles. The summed E-state index contributed by atoms with van der Waals surface area (Å²) in [5.41, 5.74) is 2.07. The summed E-state index contributed by atoms with van der Waals surface area (Å²) in [4.78, 5) is 7.02. The van der Waals surface area contributed by atoms with Gasteiger partial charge in [0.15, 0.2) is 5.82 Å². The van der Waals surface area contributed by atoms with E-state index >= 15 is 0 Å². The Hall–Kier alpha value is -1.62. The van der Waals surface area contributed by atoms with E-state index in [1.54, 1.807) is 0 Å². The molecule has 0 radical (unpaired) electrons. The molecule has 0 amide bonds. The number of hydrogen-bond acceptors (Lipinski definition) is 4. The fraction of sp³-hybridized carbons (Fsp3) is 0.600. The van der Waals surface area contributed by atoms with Gasteiger partial charge in [-0.05, 0) is 32.8 Å². The summed E-state index contributed by atoms with van der Waals surface area (Å²) in [6.07, 6.45) is 3.70. The second-order valence-corrected chi connectivity index (χ2v) is 6.17. The molecule has 5 heteroatoms. The second kappa shape index (κ2) is 5.05. The van der Waals surface area contributed by atoms with E-state index in [1.165, 1.54) is 0 Å². The molecular weight excluding hydrogens is 250 g/mol. The van der Waals surface area contributed by atoms with Crippen LogP contribution in [0.4, 0.5) is 5.82 Å². The van der Waals surface area contributed by atoms with Gasteiger partial charge in [-0.3, -0.25) is 4.90 Å². The van der Waals surface area contributed by atoms with Crippen molar-refractivity contribution in [3.05, 3.63) is 24.2 Å². The molecule has 5 nitrogen and oxygen atoms in total. The summed E-state index contributed by atoms with van der Waals surface area (Å²) >= 11 is 0. The van der Waals surface area contributed by atoms with Crippen LogP contribution in [0.2, 0.25) is 0 Å². The van der Waals surface area contributed by atoms with E-state index in [0.717, 1.165) is 30.1 Å². The average molecular weight is 273 g/mol. The fourth-order valence-electron chi connectivity index (χ4n) is 2.94. The third kappa shape index (κ3) is 2.38. The van der Waals surface area contributed by atoms with Crippen LogP contribution in [0.15, 0.2) is 18.5 Å². The molecular formula is C15H23N5. The van der Waals surface area contributed by atoms with Crippen molar-refractivity contribution < 1.29 is 0 Å². The molecule has 0 spiro atoms. The first-order valence-electron chi connectivity index (χ1n) is 7.36. The molecule has 108 valence electrons. The average Bonchev–Trinajstić information content (AvgIpc) is 2.93. The van der Waals surface area contributed by atoms with Crippen molar-refractivity contribution in [2.24, 2.45) is 5.92 Å². The zero-order chi connectivity index (χ0) is 14.3. The molecule has 3 heterocycles. The minimum absolute atomic E-state index is 0.450. The third-order valence-electron chi connectivity index (χ3n) is 4.21. The Kier molecular flexibility index (Phi) is 3.38. The first-order valence-corrected chi connectivity index (χ1v) is 7.36. The lowest BCUT2D eigenvalue weighted by atomic mass is 10.1. The largest absolute Gasteiger partial charge is 0.364 e. The number of aromatic nitrogens is 3. The molecule has 2 aromatic rings. The molecule has 20 heavy (non-hydrogen) atoms. The van der Waals surface area contributed by atoms with Crippen molar-refractivity contribution in [1.82, 2.24) is 19.5 Å². The van der Waals surface area contributed by atoms with Crippen LogP contribution in [0.25, 0.3) is 5.52 Å². The Morgan fingerprint density at radius 2 is 2.15 bits per heavy atom. The summed E-state index contributed by atoms with van der Waals surface area (Å²) in [6, 6.07) is 3.13. The maximum atomic E-state index is 4.50. The van der Waals surface area contributed by atoms with Gasteiger partial charge < -0.3 is 5.32 Å². The summed E-state index contributed by atoms with van der Waals surface area (Å²) in [7, 11) is 0. The summed E-state index contributed by atoms with van der Waals surface area (Å²) in [5.74, 6) is 1.57. The van der Waals surface area contributed by atoms with Gasteiger partial charge >= 0.3 is 0 Å². The van der Waals surface area contributed by atoms with Crippen molar-refractivity contribution in [1.29, 1.82) is 0 Å². The van der Waals surface area contributed by atoms with Crippen LogP contribution in [0.3, 0.4) is 0 Å². The number of rotatable bonds is 3. The standard InChI is InChI=1S/C15H23N5/c1-10(2)19-8-11(3)13(9-19)17-15-14-7-12(4)18-20(14)6-5-16-15/h5-7,10-11,13H,8-9H2,1-4H3,(H,16,17). The SMILES string of the molecule is Cc1cc2c(NC3CN(C(C)C)CC3C)nccn2n1. The molecule has 0 aliphatic carbocycles. The highest BCUT2D eigenvalue weighted by molar-refractivity contribution is 5.68. The number of nitrogens with one attached hydrogen (secondary N) is 1. The fourth-order valence-corrected chi connectivity index (χ4v) is 2.94. The Labute approximate surface area is 120 Å². The topological polar surface area (TPSA) is 45.5 Å². The van der Waals surface area contributed by atoms with Gasteiger partial charge in [-0.2, -0.15) is 5.10 Å². The first kappa shape index (κ1) is 13.4. The summed E-state index contributed by atoms with van der Waals surface area (Å²) < 4.78 is 1.89.